The van der Waals surface area contributed by atoms with Gasteiger partial charge in [-0.05, 0) is 6.54 Å². The molecule has 0 spiro atoms. The minimum atomic E-state index is 0.301. The van der Waals surface area contributed by atoms with E-state index >= 15 is 0 Å². The fourth-order valence-corrected chi connectivity index (χ4v) is 2.37. The highest BCUT2D eigenvalue weighted by Gasteiger charge is 2.20. The molecule has 0 amide bonds. The first-order valence-corrected chi connectivity index (χ1v) is 6.55. The summed E-state index contributed by atoms with van der Waals surface area (Å²) in [5.41, 5.74) is 0. The van der Waals surface area contributed by atoms with E-state index in [2.05, 4.69) is 41.4 Å². The van der Waals surface area contributed by atoms with E-state index < -0.39 is 0 Å². The summed E-state index contributed by atoms with van der Waals surface area (Å²) in [6, 6.07) is 0. The summed E-state index contributed by atoms with van der Waals surface area (Å²) in [6.07, 6.45) is 4.25. The van der Waals surface area contributed by atoms with Crippen molar-refractivity contribution in [2.75, 3.05) is 26.2 Å². The molecule has 1 aromatic heterocycles. The maximum Gasteiger partial charge on any atom is 0.111 e. The highest BCUT2D eigenvalue weighted by atomic mass is 16.5. The fourth-order valence-electron chi connectivity index (χ4n) is 2.37. The van der Waals surface area contributed by atoms with Crippen LogP contribution in [0.2, 0.25) is 0 Å². The molecule has 1 fully saturated rings. The molecular formula is C13H23N3O. The molecule has 0 N–H and O–H groups in total. The van der Waals surface area contributed by atoms with Crippen LogP contribution in [0.5, 0.6) is 0 Å². The van der Waals surface area contributed by atoms with Crippen molar-refractivity contribution in [1.82, 2.24) is 14.5 Å². The normalized spacial score (nSPS) is 22.2. The zero-order valence-corrected chi connectivity index (χ0v) is 11.1. The Bertz CT molecular complexity index is 348. The third-order valence-corrected chi connectivity index (χ3v) is 3.33. The molecule has 1 aromatic rings. The first kappa shape index (κ1) is 12.6. The van der Waals surface area contributed by atoms with Gasteiger partial charge in [-0.3, -0.25) is 4.90 Å². The predicted octanol–water partition coefficient (Wildman–Crippen LogP) is 1.73. The Hall–Kier alpha value is -0.870. The predicted molar refractivity (Wildman–Crippen MR) is 68.2 cm³/mol. The van der Waals surface area contributed by atoms with Gasteiger partial charge in [-0.1, -0.05) is 20.8 Å². The zero-order valence-electron chi connectivity index (χ0n) is 11.1. The lowest BCUT2D eigenvalue weighted by Gasteiger charge is -2.32. The molecule has 1 aliphatic heterocycles. The van der Waals surface area contributed by atoms with Crippen LogP contribution in [0.15, 0.2) is 12.4 Å². The first-order valence-electron chi connectivity index (χ1n) is 6.55. The summed E-state index contributed by atoms with van der Waals surface area (Å²) in [4.78, 5) is 6.86. The Kier molecular flexibility index (Phi) is 4.18. The second-order valence-corrected chi connectivity index (χ2v) is 4.98. The first-order chi connectivity index (χ1) is 8.20. The lowest BCUT2D eigenvalue weighted by atomic mass is 10.2. The van der Waals surface area contributed by atoms with Gasteiger partial charge in [0.05, 0.1) is 19.3 Å². The number of rotatable bonds is 4. The highest BCUT2D eigenvalue weighted by molar-refractivity contribution is 4.98. The molecule has 0 radical (unpaired) electrons. The Morgan fingerprint density at radius 2 is 2.35 bits per heavy atom. The Morgan fingerprint density at radius 1 is 1.53 bits per heavy atom. The standard InChI is InChI=1S/C13H23N3O/c1-4-15-7-8-17-12(9-15)10-16-6-5-14-13(16)11(2)3/h5-6,11-12H,4,7-10H2,1-3H3. The maximum absolute atomic E-state index is 5.83. The number of ether oxygens (including phenoxy) is 1. The molecule has 17 heavy (non-hydrogen) atoms. The SMILES string of the molecule is CCN1CCOC(Cn2ccnc2C(C)C)C1. The van der Waals surface area contributed by atoms with Crippen molar-refractivity contribution in [3.63, 3.8) is 0 Å². The van der Waals surface area contributed by atoms with E-state index in [-0.39, 0.29) is 0 Å². The van der Waals surface area contributed by atoms with Gasteiger partial charge >= 0.3 is 0 Å². The molecule has 0 saturated carbocycles. The molecule has 1 saturated heterocycles. The number of nitrogens with zero attached hydrogens (tertiary/aromatic N) is 3. The van der Waals surface area contributed by atoms with Gasteiger partial charge in [0.15, 0.2) is 0 Å². The van der Waals surface area contributed by atoms with E-state index in [4.69, 9.17) is 4.74 Å². The van der Waals surface area contributed by atoms with Gasteiger partial charge < -0.3 is 9.30 Å². The molecule has 0 aliphatic carbocycles. The van der Waals surface area contributed by atoms with Crippen molar-refractivity contribution in [1.29, 1.82) is 0 Å². The molecule has 0 aromatic carbocycles. The fraction of sp³-hybridized carbons (Fsp3) is 0.769. The lowest BCUT2D eigenvalue weighted by molar-refractivity contribution is -0.0346. The smallest absolute Gasteiger partial charge is 0.111 e. The van der Waals surface area contributed by atoms with Crippen molar-refractivity contribution in [2.24, 2.45) is 0 Å². The summed E-state index contributed by atoms with van der Waals surface area (Å²) < 4.78 is 8.06. The third-order valence-electron chi connectivity index (χ3n) is 3.33. The number of morpholine rings is 1. The van der Waals surface area contributed by atoms with Crippen LogP contribution >= 0.6 is 0 Å². The van der Waals surface area contributed by atoms with Crippen LogP contribution in [0.1, 0.15) is 32.5 Å². The van der Waals surface area contributed by atoms with Crippen molar-refractivity contribution in [2.45, 2.75) is 39.3 Å². The Morgan fingerprint density at radius 3 is 3.06 bits per heavy atom. The molecular weight excluding hydrogens is 214 g/mol. The summed E-state index contributed by atoms with van der Waals surface area (Å²) in [6.45, 7) is 11.5. The van der Waals surface area contributed by atoms with Crippen LogP contribution in [-0.2, 0) is 11.3 Å². The number of aromatic nitrogens is 2. The minimum Gasteiger partial charge on any atom is -0.374 e. The molecule has 1 atom stereocenters. The Balaban J connectivity index is 1.98. The van der Waals surface area contributed by atoms with E-state index in [9.17, 15) is 0 Å². The van der Waals surface area contributed by atoms with Gasteiger partial charge in [0.2, 0.25) is 0 Å². The number of likely N-dealkylation sites (N-methyl/N-ethyl adjacent to an activating group) is 1. The molecule has 0 bridgehead atoms. The zero-order chi connectivity index (χ0) is 12.3. The minimum absolute atomic E-state index is 0.301. The third kappa shape index (κ3) is 3.07. The molecule has 2 heterocycles. The average Bonchev–Trinajstić information content (AvgIpc) is 2.77. The van der Waals surface area contributed by atoms with Crippen LogP contribution in [0.3, 0.4) is 0 Å². The van der Waals surface area contributed by atoms with Gasteiger partial charge in [0.1, 0.15) is 5.82 Å². The van der Waals surface area contributed by atoms with Crippen molar-refractivity contribution in [3.05, 3.63) is 18.2 Å². The van der Waals surface area contributed by atoms with Crippen molar-refractivity contribution < 1.29 is 4.74 Å². The monoisotopic (exact) mass is 237 g/mol. The largest absolute Gasteiger partial charge is 0.374 e. The molecule has 2 rings (SSSR count). The van der Waals surface area contributed by atoms with E-state index in [1.165, 1.54) is 0 Å². The van der Waals surface area contributed by atoms with E-state index in [1.54, 1.807) is 0 Å². The van der Waals surface area contributed by atoms with Crippen LogP contribution in [0.25, 0.3) is 0 Å². The average molecular weight is 237 g/mol. The second kappa shape index (κ2) is 5.65. The van der Waals surface area contributed by atoms with E-state index in [0.29, 0.717) is 12.0 Å². The van der Waals surface area contributed by atoms with Crippen LogP contribution in [0.4, 0.5) is 0 Å². The maximum atomic E-state index is 5.83. The van der Waals surface area contributed by atoms with Gasteiger partial charge in [0, 0.05) is 31.4 Å². The number of hydrogen-bond acceptors (Lipinski definition) is 3. The lowest BCUT2D eigenvalue weighted by Crippen LogP contribution is -2.44. The topological polar surface area (TPSA) is 30.3 Å². The number of hydrogen-bond donors (Lipinski definition) is 0. The molecule has 1 aliphatic rings. The summed E-state index contributed by atoms with van der Waals surface area (Å²) in [5.74, 6) is 1.62. The van der Waals surface area contributed by atoms with Crippen LogP contribution in [0, 0.1) is 0 Å². The summed E-state index contributed by atoms with van der Waals surface area (Å²) in [5, 5.41) is 0. The highest BCUT2D eigenvalue weighted by Crippen LogP contribution is 2.14. The molecule has 4 nitrogen and oxygen atoms in total. The molecule has 1 unspecified atom stereocenters. The van der Waals surface area contributed by atoms with Gasteiger partial charge in [-0.25, -0.2) is 4.98 Å². The molecule has 4 heteroatoms. The molecule has 96 valence electrons. The van der Waals surface area contributed by atoms with Crippen molar-refractivity contribution in [3.8, 4) is 0 Å². The quantitative estimate of drug-likeness (QED) is 0.799. The van der Waals surface area contributed by atoms with Crippen LogP contribution < -0.4 is 0 Å². The summed E-state index contributed by atoms with van der Waals surface area (Å²) >= 11 is 0. The van der Waals surface area contributed by atoms with Crippen LogP contribution in [-0.4, -0.2) is 46.8 Å². The summed E-state index contributed by atoms with van der Waals surface area (Å²) in [7, 11) is 0. The van der Waals surface area contributed by atoms with Gasteiger partial charge in [0.25, 0.3) is 0 Å². The number of imidazole rings is 1. The Labute approximate surface area is 104 Å². The second-order valence-electron chi connectivity index (χ2n) is 4.98. The van der Waals surface area contributed by atoms with Gasteiger partial charge in [-0.15, -0.1) is 0 Å². The van der Waals surface area contributed by atoms with Crippen molar-refractivity contribution >= 4 is 0 Å². The van der Waals surface area contributed by atoms with Gasteiger partial charge in [-0.2, -0.15) is 0 Å². The van der Waals surface area contributed by atoms with E-state index in [0.717, 1.165) is 38.6 Å². The van der Waals surface area contributed by atoms with E-state index in [1.807, 2.05) is 6.20 Å².